The molecular weight excluding hydrogens is 402 g/mol. The molecule has 6 heteroatoms. The Morgan fingerprint density at radius 3 is 2.84 bits per heavy atom. The fourth-order valence-electron chi connectivity index (χ4n) is 3.82. The quantitative estimate of drug-likeness (QED) is 0.440. The summed E-state index contributed by atoms with van der Waals surface area (Å²) in [4.78, 5) is 11.7. The van der Waals surface area contributed by atoms with Crippen molar-refractivity contribution in [1.29, 1.82) is 5.26 Å². The largest absolute Gasteiger partial charge is 0.369 e. The number of benzene rings is 1. The molecule has 1 saturated carbocycles. The van der Waals surface area contributed by atoms with Crippen LogP contribution in [0.3, 0.4) is 0 Å². The van der Waals surface area contributed by atoms with E-state index in [1.165, 1.54) is 37.0 Å². The zero-order valence-electron chi connectivity index (χ0n) is 18.3. The summed E-state index contributed by atoms with van der Waals surface area (Å²) >= 11 is 1.77. The van der Waals surface area contributed by atoms with E-state index in [9.17, 15) is 5.26 Å². The van der Waals surface area contributed by atoms with Crippen LogP contribution in [0.25, 0.3) is 5.70 Å². The molecule has 0 unspecified atom stereocenters. The van der Waals surface area contributed by atoms with Gasteiger partial charge in [0.1, 0.15) is 0 Å². The van der Waals surface area contributed by atoms with E-state index in [-0.39, 0.29) is 0 Å². The van der Waals surface area contributed by atoms with Gasteiger partial charge in [0, 0.05) is 49.8 Å². The van der Waals surface area contributed by atoms with Crippen LogP contribution in [0.4, 0.5) is 5.69 Å². The van der Waals surface area contributed by atoms with Crippen LogP contribution in [-0.2, 0) is 13.1 Å². The van der Waals surface area contributed by atoms with Crippen LogP contribution in [0, 0.1) is 11.3 Å². The van der Waals surface area contributed by atoms with Crippen molar-refractivity contribution in [3.63, 3.8) is 0 Å². The fraction of sp³-hybridized carbons (Fsp3) is 0.440. The van der Waals surface area contributed by atoms with E-state index >= 15 is 0 Å². The highest BCUT2D eigenvalue weighted by Gasteiger charge is 2.21. The number of nitriles is 1. The molecule has 1 aromatic heterocycles. The molecule has 0 bridgehead atoms. The summed E-state index contributed by atoms with van der Waals surface area (Å²) in [5, 5.41) is 13.0. The van der Waals surface area contributed by atoms with Gasteiger partial charge < -0.3 is 15.1 Å². The van der Waals surface area contributed by atoms with Crippen LogP contribution < -0.4 is 5.32 Å². The summed E-state index contributed by atoms with van der Waals surface area (Å²) in [7, 11) is 2.04. The second-order valence-corrected chi connectivity index (χ2v) is 9.63. The summed E-state index contributed by atoms with van der Waals surface area (Å²) in [6.07, 6.45) is 8.38. The fourth-order valence-corrected chi connectivity index (χ4v) is 4.90. The molecule has 5 nitrogen and oxygen atoms in total. The maximum atomic E-state index is 9.42. The molecule has 0 spiro atoms. The Balaban J connectivity index is 1.52. The molecule has 2 heterocycles. The highest BCUT2D eigenvalue weighted by atomic mass is 32.1. The lowest BCUT2D eigenvalue weighted by atomic mass is 10.1. The van der Waals surface area contributed by atoms with E-state index in [0.29, 0.717) is 18.2 Å². The summed E-state index contributed by atoms with van der Waals surface area (Å²) in [6, 6.07) is 12.9. The molecule has 1 aliphatic carbocycles. The second-order valence-electron chi connectivity index (χ2n) is 8.50. The number of rotatable bonds is 9. The van der Waals surface area contributed by atoms with Crippen molar-refractivity contribution >= 4 is 29.1 Å². The van der Waals surface area contributed by atoms with Gasteiger partial charge in [-0.05, 0) is 49.8 Å². The first-order chi connectivity index (χ1) is 15.1. The highest BCUT2D eigenvalue weighted by Crippen LogP contribution is 2.37. The minimum Gasteiger partial charge on any atom is -0.369 e. The standard InChI is InChI=1S/C25H31N5S/c1-19(29(2)17-21-9-5-4-8-20(21)15-26)25-24(28-18-30-12-6-3-7-13-30)14-23(31-25)16-27-22-10-11-22/h4-5,8-9,14,18,22,27H,1,3,6-7,10-13,16-17H2,2H3/b28-18+. The second kappa shape index (κ2) is 10.1. The molecule has 1 aromatic carbocycles. The average molecular weight is 434 g/mol. The first-order valence-electron chi connectivity index (χ1n) is 11.2. The zero-order valence-corrected chi connectivity index (χ0v) is 19.1. The predicted molar refractivity (Wildman–Crippen MR) is 129 cm³/mol. The van der Waals surface area contributed by atoms with Gasteiger partial charge in [0.15, 0.2) is 0 Å². The molecule has 2 aliphatic rings. The summed E-state index contributed by atoms with van der Waals surface area (Å²) < 4.78 is 0. The summed E-state index contributed by atoms with van der Waals surface area (Å²) in [6.45, 7) is 8.10. The van der Waals surface area contributed by atoms with Gasteiger partial charge in [-0.15, -0.1) is 11.3 Å². The van der Waals surface area contributed by atoms with Crippen molar-refractivity contribution in [2.45, 2.75) is 51.2 Å². The van der Waals surface area contributed by atoms with Crippen LogP contribution in [0.15, 0.2) is 41.9 Å². The van der Waals surface area contributed by atoms with Gasteiger partial charge in [0.2, 0.25) is 0 Å². The topological polar surface area (TPSA) is 54.7 Å². The van der Waals surface area contributed by atoms with Crippen molar-refractivity contribution in [1.82, 2.24) is 15.1 Å². The number of hydrogen-bond acceptors (Lipinski definition) is 5. The third-order valence-electron chi connectivity index (χ3n) is 5.92. The Hall–Kier alpha value is -2.62. The van der Waals surface area contributed by atoms with Crippen LogP contribution >= 0.6 is 11.3 Å². The maximum Gasteiger partial charge on any atom is 0.0995 e. The van der Waals surface area contributed by atoms with Crippen LogP contribution in [-0.4, -0.2) is 42.3 Å². The molecule has 0 atom stereocenters. The monoisotopic (exact) mass is 433 g/mol. The molecule has 1 saturated heterocycles. The van der Waals surface area contributed by atoms with Gasteiger partial charge in [-0.3, -0.25) is 0 Å². The van der Waals surface area contributed by atoms with Crippen LogP contribution in [0.5, 0.6) is 0 Å². The third kappa shape index (κ3) is 5.75. The molecule has 0 amide bonds. The van der Waals surface area contributed by atoms with Crippen LogP contribution in [0.2, 0.25) is 0 Å². The Morgan fingerprint density at radius 2 is 2.10 bits per heavy atom. The lowest BCUT2D eigenvalue weighted by molar-refractivity contribution is 0.351. The van der Waals surface area contributed by atoms with E-state index in [1.807, 2.05) is 37.7 Å². The number of likely N-dealkylation sites (tertiary alicyclic amines) is 1. The molecule has 2 aromatic rings. The van der Waals surface area contributed by atoms with Gasteiger partial charge >= 0.3 is 0 Å². The average Bonchev–Trinajstić information content (AvgIpc) is 3.55. The molecule has 0 radical (unpaired) electrons. The van der Waals surface area contributed by atoms with Crippen molar-refractivity contribution in [2.75, 3.05) is 20.1 Å². The van der Waals surface area contributed by atoms with E-state index in [2.05, 4.69) is 33.8 Å². The SMILES string of the molecule is C=C(c1sc(CNC2CC2)cc1/N=C/N1CCCCC1)N(C)Cc1ccccc1C#N. The Morgan fingerprint density at radius 1 is 1.32 bits per heavy atom. The van der Waals surface area contributed by atoms with Gasteiger partial charge in [0.25, 0.3) is 0 Å². The molecular formula is C25H31N5S. The first kappa shape index (κ1) is 21.6. The van der Waals surface area contributed by atoms with Gasteiger partial charge in [-0.1, -0.05) is 24.8 Å². The lowest BCUT2D eigenvalue weighted by Crippen LogP contribution is -2.28. The highest BCUT2D eigenvalue weighted by molar-refractivity contribution is 7.13. The Labute approximate surface area is 189 Å². The molecule has 1 N–H and O–H groups in total. The minimum absolute atomic E-state index is 0.644. The molecule has 4 rings (SSSR count). The summed E-state index contributed by atoms with van der Waals surface area (Å²) in [5.41, 5.74) is 3.67. The van der Waals surface area contributed by atoms with Crippen molar-refractivity contribution in [3.8, 4) is 6.07 Å². The number of thiophene rings is 1. The third-order valence-corrected chi connectivity index (χ3v) is 7.10. The number of piperidine rings is 1. The maximum absolute atomic E-state index is 9.42. The van der Waals surface area contributed by atoms with Crippen molar-refractivity contribution in [2.24, 2.45) is 4.99 Å². The minimum atomic E-state index is 0.644. The smallest absolute Gasteiger partial charge is 0.0995 e. The molecule has 1 aliphatic heterocycles. The number of nitrogens with zero attached hydrogens (tertiary/aromatic N) is 4. The normalized spacial score (nSPS) is 16.5. The number of aliphatic imine (C=N–C) groups is 1. The summed E-state index contributed by atoms with van der Waals surface area (Å²) in [5.74, 6) is 0. The van der Waals surface area contributed by atoms with Crippen molar-refractivity contribution in [3.05, 3.63) is 57.8 Å². The first-order valence-corrected chi connectivity index (χ1v) is 12.0. The molecule has 162 valence electrons. The van der Waals surface area contributed by atoms with Crippen LogP contribution in [0.1, 0.15) is 53.0 Å². The molecule has 2 fully saturated rings. The molecule has 31 heavy (non-hydrogen) atoms. The van der Waals surface area contributed by atoms with Gasteiger partial charge in [-0.2, -0.15) is 5.26 Å². The van der Waals surface area contributed by atoms with Crippen molar-refractivity contribution < 1.29 is 0 Å². The number of nitrogens with one attached hydrogen (secondary N) is 1. The van der Waals surface area contributed by atoms with E-state index in [4.69, 9.17) is 4.99 Å². The lowest BCUT2D eigenvalue weighted by Gasteiger charge is -2.24. The zero-order chi connectivity index (χ0) is 21.6. The van der Waals surface area contributed by atoms with E-state index in [0.717, 1.165) is 41.5 Å². The Bertz CT molecular complexity index is 976. The number of hydrogen-bond donors (Lipinski definition) is 1. The van der Waals surface area contributed by atoms with Gasteiger partial charge in [0.05, 0.1) is 28.5 Å². The Kier molecular flexibility index (Phi) is 7.06. The predicted octanol–water partition coefficient (Wildman–Crippen LogP) is 5.12. The van der Waals surface area contributed by atoms with E-state index in [1.54, 1.807) is 11.3 Å². The van der Waals surface area contributed by atoms with Gasteiger partial charge in [-0.25, -0.2) is 4.99 Å². The van der Waals surface area contributed by atoms with E-state index < -0.39 is 0 Å².